The molecule has 0 heterocycles. The number of esters is 1. The molecule has 7 nitrogen and oxygen atoms in total. The number of nitrogens with one attached hydrogen (secondary N) is 2. The summed E-state index contributed by atoms with van der Waals surface area (Å²) in [6.45, 7) is 7.93. The van der Waals surface area contributed by atoms with Gasteiger partial charge < -0.3 is 20.1 Å². The molecule has 0 aliphatic heterocycles. The van der Waals surface area contributed by atoms with Crippen LogP contribution in [0.3, 0.4) is 0 Å². The topological polar surface area (TPSA) is 93.7 Å². The van der Waals surface area contributed by atoms with Gasteiger partial charge in [0.1, 0.15) is 11.5 Å². The van der Waals surface area contributed by atoms with E-state index in [1.54, 1.807) is 42.5 Å². The summed E-state index contributed by atoms with van der Waals surface area (Å²) in [5.74, 6) is 0.151. The van der Waals surface area contributed by atoms with Crippen LogP contribution in [0, 0.1) is 6.92 Å². The summed E-state index contributed by atoms with van der Waals surface area (Å²) in [4.78, 5) is 36.1. The molecular formula is C30H33ClN2O5. The number of hydrogen-bond donors (Lipinski definition) is 2. The first-order valence-corrected chi connectivity index (χ1v) is 12.8. The van der Waals surface area contributed by atoms with Crippen LogP contribution in [0.4, 0.5) is 11.4 Å². The highest BCUT2D eigenvalue weighted by atomic mass is 35.5. The molecule has 0 bridgehead atoms. The lowest BCUT2D eigenvalue weighted by Gasteiger charge is -2.19. The van der Waals surface area contributed by atoms with Crippen LogP contribution in [0.1, 0.15) is 51.2 Å². The van der Waals surface area contributed by atoms with E-state index in [1.807, 2.05) is 19.1 Å². The van der Waals surface area contributed by atoms with Crippen LogP contribution in [-0.2, 0) is 24.5 Å². The minimum atomic E-state index is -0.549. The summed E-state index contributed by atoms with van der Waals surface area (Å²) < 4.78 is 10.9. The average molecular weight is 537 g/mol. The third-order valence-electron chi connectivity index (χ3n) is 5.70. The maximum Gasteiger partial charge on any atom is 0.306 e. The quantitative estimate of drug-likeness (QED) is 0.271. The lowest BCUT2D eigenvalue weighted by Crippen LogP contribution is -2.21. The monoisotopic (exact) mass is 536 g/mol. The molecule has 3 rings (SSSR count). The number of amides is 2. The second-order valence-electron chi connectivity index (χ2n) is 9.98. The second kappa shape index (κ2) is 13.1. The molecule has 38 heavy (non-hydrogen) atoms. The summed E-state index contributed by atoms with van der Waals surface area (Å²) in [7, 11) is 0. The first kappa shape index (κ1) is 28.7. The van der Waals surface area contributed by atoms with E-state index in [0.29, 0.717) is 28.6 Å². The van der Waals surface area contributed by atoms with Crippen molar-refractivity contribution in [2.75, 3.05) is 17.2 Å². The molecule has 0 radical (unpaired) electrons. The van der Waals surface area contributed by atoms with E-state index in [9.17, 15) is 14.4 Å². The third-order valence-corrected chi connectivity index (χ3v) is 6.11. The number of halogens is 1. The second-order valence-corrected chi connectivity index (χ2v) is 10.4. The van der Waals surface area contributed by atoms with Gasteiger partial charge in [-0.2, -0.15) is 0 Å². The summed E-state index contributed by atoms with van der Waals surface area (Å²) in [5.41, 5.74) is 3.34. The summed E-state index contributed by atoms with van der Waals surface area (Å²) in [5, 5.41) is 5.95. The maximum absolute atomic E-state index is 12.2. The molecule has 0 atom stereocenters. The van der Waals surface area contributed by atoms with Gasteiger partial charge in [-0.1, -0.05) is 50.6 Å². The lowest BCUT2D eigenvalue weighted by atomic mass is 9.87. The van der Waals surface area contributed by atoms with Crippen molar-refractivity contribution in [1.29, 1.82) is 0 Å². The highest BCUT2D eigenvalue weighted by Crippen LogP contribution is 2.27. The molecule has 0 fully saturated rings. The van der Waals surface area contributed by atoms with Gasteiger partial charge in [-0.25, -0.2) is 0 Å². The molecule has 0 spiro atoms. The molecule has 0 aliphatic carbocycles. The highest BCUT2D eigenvalue weighted by molar-refractivity contribution is 6.31. The largest absolute Gasteiger partial charge is 0.457 e. The summed E-state index contributed by atoms with van der Waals surface area (Å²) in [6, 6.07) is 20.2. The van der Waals surface area contributed by atoms with Gasteiger partial charge in [0.2, 0.25) is 5.91 Å². The van der Waals surface area contributed by atoms with E-state index >= 15 is 0 Å². The molecule has 0 unspecified atom stereocenters. The number of carbonyl (C=O) groups is 3. The molecule has 0 saturated heterocycles. The van der Waals surface area contributed by atoms with Gasteiger partial charge in [0.05, 0.1) is 0 Å². The number of benzene rings is 3. The molecule has 3 aromatic rings. The number of anilines is 2. The Balaban J connectivity index is 1.34. The fraction of sp³-hybridized carbons (Fsp3) is 0.300. The van der Waals surface area contributed by atoms with Crippen molar-refractivity contribution in [1.82, 2.24) is 0 Å². The molecule has 0 aliphatic rings. The number of aryl methyl sites for hydroxylation is 1. The van der Waals surface area contributed by atoms with Crippen molar-refractivity contribution in [3.63, 3.8) is 0 Å². The van der Waals surface area contributed by atoms with Gasteiger partial charge >= 0.3 is 5.97 Å². The van der Waals surface area contributed by atoms with Gasteiger partial charge in [-0.15, -0.1) is 0 Å². The Kier molecular flexibility index (Phi) is 9.91. The summed E-state index contributed by atoms with van der Waals surface area (Å²) >= 11 is 6.04. The Hall–Kier alpha value is -3.84. The zero-order valence-corrected chi connectivity index (χ0v) is 22.9. The van der Waals surface area contributed by atoms with Crippen molar-refractivity contribution < 1.29 is 23.9 Å². The predicted molar refractivity (Wildman–Crippen MR) is 150 cm³/mol. The Morgan fingerprint density at radius 2 is 1.37 bits per heavy atom. The van der Waals surface area contributed by atoms with E-state index in [0.717, 1.165) is 11.3 Å². The maximum atomic E-state index is 12.2. The fourth-order valence-corrected chi connectivity index (χ4v) is 3.65. The van der Waals surface area contributed by atoms with Crippen molar-refractivity contribution >= 4 is 40.8 Å². The van der Waals surface area contributed by atoms with Crippen LogP contribution in [0.5, 0.6) is 11.5 Å². The van der Waals surface area contributed by atoms with E-state index in [1.165, 1.54) is 5.56 Å². The van der Waals surface area contributed by atoms with Crippen LogP contribution in [0.2, 0.25) is 5.02 Å². The number of hydrogen-bond acceptors (Lipinski definition) is 5. The zero-order chi connectivity index (χ0) is 27.7. The van der Waals surface area contributed by atoms with Gasteiger partial charge in [-0.05, 0) is 78.4 Å². The highest BCUT2D eigenvalue weighted by Gasteiger charge is 2.13. The van der Waals surface area contributed by atoms with Crippen LogP contribution in [0.15, 0.2) is 66.7 Å². The van der Waals surface area contributed by atoms with E-state index < -0.39 is 18.5 Å². The third kappa shape index (κ3) is 9.23. The van der Waals surface area contributed by atoms with E-state index in [-0.39, 0.29) is 24.2 Å². The zero-order valence-electron chi connectivity index (χ0n) is 22.1. The lowest BCUT2D eigenvalue weighted by molar-refractivity contribution is -0.147. The molecule has 8 heteroatoms. The fourth-order valence-electron chi connectivity index (χ4n) is 3.47. The number of rotatable bonds is 10. The minimum Gasteiger partial charge on any atom is -0.457 e. The summed E-state index contributed by atoms with van der Waals surface area (Å²) in [6.07, 6.45) is 0.463. The molecular weight excluding hydrogens is 504 g/mol. The average Bonchev–Trinajstić information content (AvgIpc) is 2.86. The Labute approximate surface area is 228 Å². The molecule has 2 amide bonds. The van der Waals surface area contributed by atoms with Gasteiger partial charge in [-0.3, -0.25) is 14.4 Å². The Morgan fingerprint density at radius 1 is 0.789 bits per heavy atom. The van der Waals surface area contributed by atoms with Crippen molar-refractivity contribution in [2.24, 2.45) is 0 Å². The Morgan fingerprint density at radius 3 is 1.97 bits per heavy atom. The van der Waals surface area contributed by atoms with Crippen LogP contribution in [-0.4, -0.2) is 24.4 Å². The van der Waals surface area contributed by atoms with Gasteiger partial charge in [0.15, 0.2) is 6.61 Å². The number of carbonyl (C=O) groups excluding carboxylic acids is 3. The SMILES string of the molecule is Cc1ccc(NC(=O)COC(=O)CCCC(=O)Nc2ccc(Oc3ccc(C(C)(C)C)cc3)cc2)cc1Cl. The standard InChI is InChI=1S/C30H33ClN2O5/c1-20-8-11-23(18-26(20)31)33-28(35)19-37-29(36)7-5-6-27(34)32-22-12-16-25(17-13-22)38-24-14-9-21(10-15-24)30(2,3)4/h8-18H,5-7,19H2,1-4H3,(H,32,34)(H,33,35). The Bertz CT molecular complexity index is 1270. The number of ether oxygens (including phenoxy) is 2. The molecule has 3 aromatic carbocycles. The van der Waals surface area contributed by atoms with Gasteiger partial charge in [0.25, 0.3) is 5.91 Å². The molecule has 200 valence electrons. The van der Waals surface area contributed by atoms with Crippen LogP contribution < -0.4 is 15.4 Å². The first-order chi connectivity index (χ1) is 18.0. The van der Waals surface area contributed by atoms with Crippen molar-refractivity contribution in [2.45, 2.75) is 52.4 Å². The minimum absolute atomic E-state index is 0.0256. The first-order valence-electron chi connectivity index (χ1n) is 12.4. The van der Waals surface area contributed by atoms with Crippen LogP contribution >= 0.6 is 11.6 Å². The molecule has 2 N–H and O–H groups in total. The van der Waals surface area contributed by atoms with E-state index in [4.69, 9.17) is 21.1 Å². The van der Waals surface area contributed by atoms with Crippen LogP contribution in [0.25, 0.3) is 0 Å². The van der Waals surface area contributed by atoms with E-state index in [2.05, 4.69) is 43.5 Å². The van der Waals surface area contributed by atoms with Gasteiger partial charge in [0, 0.05) is 29.2 Å². The predicted octanol–water partition coefficient (Wildman–Crippen LogP) is 7.03. The molecule has 0 aromatic heterocycles. The van der Waals surface area contributed by atoms with Crippen molar-refractivity contribution in [3.05, 3.63) is 82.9 Å². The smallest absolute Gasteiger partial charge is 0.306 e. The molecule has 0 saturated carbocycles. The van der Waals surface area contributed by atoms with Crippen molar-refractivity contribution in [3.8, 4) is 11.5 Å². The normalized spacial score (nSPS) is 11.0.